The summed E-state index contributed by atoms with van der Waals surface area (Å²) in [4.78, 5) is 25.1. The number of ether oxygens (including phenoxy) is 1. The minimum atomic E-state index is -0.637. The van der Waals surface area contributed by atoms with Crippen molar-refractivity contribution in [2.45, 2.75) is 24.9 Å². The normalized spacial score (nSPS) is 22.6. The third kappa shape index (κ3) is 2.92. The van der Waals surface area contributed by atoms with Gasteiger partial charge >= 0.3 is 0 Å². The summed E-state index contributed by atoms with van der Waals surface area (Å²) in [7, 11) is 0. The van der Waals surface area contributed by atoms with E-state index in [9.17, 15) is 9.90 Å². The molecular weight excluding hydrogens is 336 g/mol. The lowest BCUT2D eigenvalue weighted by Gasteiger charge is -2.14. The van der Waals surface area contributed by atoms with Crippen molar-refractivity contribution in [1.29, 1.82) is 0 Å². The number of aromatic nitrogens is 4. The predicted octanol–water partition coefficient (Wildman–Crippen LogP) is 0.686. The Balaban J connectivity index is 1.63. The van der Waals surface area contributed by atoms with Gasteiger partial charge in [0, 0.05) is 18.5 Å². The number of hydrogen-bond acceptors (Lipinski definition) is 7. The number of hydrogen-bond donors (Lipinski definition) is 3. The molecule has 2 aromatic heterocycles. The van der Waals surface area contributed by atoms with Crippen molar-refractivity contribution in [2.24, 2.45) is 5.73 Å². The molecule has 1 aliphatic heterocycles. The number of nitrogens with zero attached hydrogens (tertiary/aromatic N) is 4. The lowest BCUT2D eigenvalue weighted by Crippen LogP contribution is -2.29. The SMILES string of the molecule is NC[C@H]1O[C@@H](n2cnc3c(NC(=O)c4ccccc4)ncnc32)CC1O. The molecule has 4 N–H and O–H groups in total. The molecule has 26 heavy (non-hydrogen) atoms. The number of amides is 1. The number of imidazole rings is 1. The zero-order valence-electron chi connectivity index (χ0n) is 13.8. The van der Waals surface area contributed by atoms with Crippen LogP contribution in [0.5, 0.6) is 0 Å². The van der Waals surface area contributed by atoms with Crippen LogP contribution in [0.25, 0.3) is 11.2 Å². The third-order valence-electron chi connectivity index (χ3n) is 4.37. The number of rotatable bonds is 4. The van der Waals surface area contributed by atoms with E-state index in [1.807, 2.05) is 6.07 Å². The van der Waals surface area contributed by atoms with Crippen molar-refractivity contribution in [3.8, 4) is 0 Å². The number of nitrogens with two attached hydrogens (primary N) is 1. The van der Waals surface area contributed by atoms with E-state index in [1.165, 1.54) is 6.33 Å². The third-order valence-corrected chi connectivity index (χ3v) is 4.37. The Labute approximate surface area is 148 Å². The van der Waals surface area contributed by atoms with Crippen LogP contribution in [0, 0.1) is 0 Å². The van der Waals surface area contributed by atoms with Crippen molar-refractivity contribution in [3.05, 3.63) is 48.5 Å². The van der Waals surface area contributed by atoms with E-state index in [0.29, 0.717) is 29.0 Å². The average Bonchev–Trinajstić information content (AvgIpc) is 3.26. The summed E-state index contributed by atoms with van der Waals surface area (Å²) >= 11 is 0. The molecule has 0 saturated carbocycles. The highest BCUT2D eigenvalue weighted by atomic mass is 16.5. The molecule has 0 spiro atoms. The molecule has 3 aromatic rings. The fourth-order valence-corrected chi connectivity index (χ4v) is 3.02. The molecular formula is C17H18N6O3. The summed E-state index contributed by atoms with van der Waals surface area (Å²) in [5, 5.41) is 12.8. The lowest BCUT2D eigenvalue weighted by atomic mass is 10.2. The van der Waals surface area contributed by atoms with Crippen molar-refractivity contribution < 1.29 is 14.6 Å². The molecule has 1 saturated heterocycles. The van der Waals surface area contributed by atoms with Gasteiger partial charge in [-0.25, -0.2) is 15.0 Å². The van der Waals surface area contributed by atoms with Gasteiger partial charge in [-0.15, -0.1) is 0 Å². The molecule has 4 rings (SSSR count). The zero-order chi connectivity index (χ0) is 18.1. The topological polar surface area (TPSA) is 128 Å². The Morgan fingerprint density at radius 1 is 1.31 bits per heavy atom. The summed E-state index contributed by atoms with van der Waals surface area (Å²) in [5.74, 6) is 0.0346. The summed E-state index contributed by atoms with van der Waals surface area (Å²) in [6, 6.07) is 8.84. The van der Waals surface area contributed by atoms with Crippen molar-refractivity contribution in [2.75, 3.05) is 11.9 Å². The van der Waals surface area contributed by atoms with Gasteiger partial charge in [-0.3, -0.25) is 9.36 Å². The molecule has 0 radical (unpaired) electrons. The number of nitrogens with one attached hydrogen (secondary N) is 1. The Kier molecular flexibility index (Phi) is 4.33. The Morgan fingerprint density at radius 2 is 2.12 bits per heavy atom. The van der Waals surface area contributed by atoms with Gasteiger partial charge in [-0.2, -0.15) is 0 Å². The quantitative estimate of drug-likeness (QED) is 0.628. The molecule has 9 heteroatoms. The summed E-state index contributed by atoms with van der Waals surface area (Å²) in [6.45, 7) is 0.234. The summed E-state index contributed by atoms with van der Waals surface area (Å²) in [5.41, 5.74) is 7.09. The smallest absolute Gasteiger partial charge is 0.256 e. The number of benzene rings is 1. The van der Waals surface area contributed by atoms with Gasteiger partial charge in [0.05, 0.1) is 18.5 Å². The first-order valence-corrected chi connectivity index (χ1v) is 8.25. The van der Waals surface area contributed by atoms with E-state index in [0.717, 1.165) is 0 Å². The van der Waals surface area contributed by atoms with E-state index < -0.39 is 18.4 Å². The van der Waals surface area contributed by atoms with Gasteiger partial charge in [0.25, 0.3) is 5.91 Å². The van der Waals surface area contributed by atoms with Crippen LogP contribution in [0.1, 0.15) is 23.0 Å². The van der Waals surface area contributed by atoms with E-state index in [-0.39, 0.29) is 12.5 Å². The highest BCUT2D eigenvalue weighted by Gasteiger charge is 2.35. The first kappa shape index (κ1) is 16.6. The molecule has 1 amide bonds. The first-order valence-electron chi connectivity index (χ1n) is 8.25. The summed E-state index contributed by atoms with van der Waals surface area (Å²) in [6.07, 6.45) is 1.83. The molecule has 0 bridgehead atoms. The van der Waals surface area contributed by atoms with Gasteiger partial charge in [-0.1, -0.05) is 18.2 Å². The molecule has 1 aromatic carbocycles. The van der Waals surface area contributed by atoms with Crippen LogP contribution < -0.4 is 11.1 Å². The minimum Gasteiger partial charge on any atom is -0.390 e. The highest BCUT2D eigenvalue weighted by molar-refractivity contribution is 6.06. The van der Waals surface area contributed by atoms with Gasteiger partial charge in [-0.05, 0) is 12.1 Å². The molecule has 134 valence electrons. The van der Waals surface area contributed by atoms with Crippen LogP contribution in [-0.2, 0) is 4.74 Å². The van der Waals surface area contributed by atoms with Crippen LogP contribution in [0.3, 0.4) is 0 Å². The molecule has 9 nitrogen and oxygen atoms in total. The second-order valence-electron chi connectivity index (χ2n) is 6.03. The minimum absolute atomic E-state index is 0.234. The van der Waals surface area contributed by atoms with Gasteiger partial charge < -0.3 is 20.9 Å². The maximum Gasteiger partial charge on any atom is 0.256 e. The van der Waals surface area contributed by atoms with Crippen LogP contribution >= 0.6 is 0 Å². The fraction of sp³-hybridized carbons (Fsp3) is 0.294. The van der Waals surface area contributed by atoms with Crippen LogP contribution in [0.2, 0.25) is 0 Å². The number of aliphatic hydroxyl groups is 1. The van der Waals surface area contributed by atoms with Crippen LogP contribution in [-0.4, -0.2) is 49.3 Å². The van der Waals surface area contributed by atoms with Crippen molar-refractivity contribution >= 4 is 22.9 Å². The number of aliphatic hydroxyl groups excluding tert-OH is 1. The molecule has 1 fully saturated rings. The lowest BCUT2D eigenvalue weighted by molar-refractivity contribution is -0.0115. The largest absolute Gasteiger partial charge is 0.390 e. The second kappa shape index (κ2) is 6.79. The Morgan fingerprint density at radius 3 is 2.85 bits per heavy atom. The second-order valence-corrected chi connectivity index (χ2v) is 6.03. The zero-order valence-corrected chi connectivity index (χ0v) is 13.8. The first-order chi connectivity index (χ1) is 12.7. The van der Waals surface area contributed by atoms with E-state index in [4.69, 9.17) is 10.5 Å². The Hall–Kier alpha value is -2.88. The van der Waals surface area contributed by atoms with Crippen molar-refractivity contribution in [3.63, 3.8) is 0 Å². The maximum atomic E-state index is 12.4. The van der Waals surface area contributed by atoms with E-state index in [2.05, 4.69) is 20.3 Å². The Bertz CT molecular complexity index is 929. The number of carbonyl (C=O) groups is 1. The number of fused-ring (bicyclic) bond motifs is 1. The molecule has 1 unspecified atom stereocenters. The van der Waals surface area contributed by atoms with Gasteiger partial charge in [0.15, 0.2) is 17.0 Å². The number of carbonyl (C=O) groups excluding carboxylic acids is 1. The molecule has 0 aliphatic carbocycles. The fourth-order valence-electron chi connectivity index (χ4n) is 3.02. The van der Waals surface area contributed by atoms with Gasteiger partial charge in [0.1, 0.15) is 12.6 Å². The predicted molar refractivity (Wildman–Crippen MR) is 93.3 cm³/mol. The van der Waals surface area contributed by atoms with Crippen molar-refractivity contribution in [1.82, 2.24) is 19.5 Å². The standard InChI is InChI=1S/C17H18N6O3/c18-7-12-11(24)6-13(26-12)23-9-21-14-15(19-8-20-16(14)23)22-17(25)10-4-2-1-3-5-10/h1-5,8-9,11-13,24H,6-7,18H2,(H,19,20,22,25)/t11?,12-,13-/m1/s1. The summed E-state index contributed by atoms with van der Waals surface area (Å²) < 4.78 is 7.48. The van der Waals surface area contributed by atoms with E-state index >= 15 is 0 Å². The van der Waals surface area contributed by atoms with Gasteiger partial charge in [0.2, 0.25) is 0 Å². The monoisotopic (exact) mass is 354 g/mol. The highest BCUT2D eigenvalue weighted by Crippen LogP contribution is 2.31. The van der Waals surface area contributed by atoms with E-state index in [1.54, 1.807) is 35.2 Å². The maximum absolute atomic E-state index is 12.4. The van der Waals surface area contributed by atoms with Crippen LogP contribution in [0.4, 0.5) is 5.82 Å². The van der Waals surface area contributed by atoms with Crippen LogP contribution in [0.15, 0.2) is 43.0 Å². The average molecular weight is 354 g/mol. The number of anilines is 1. The molecule has 3 atom stereocenters. The molecule has 1 aliphatic rings. The molecule has 3 heterocycles.